The van der Waals surface area contributed by atoms with Gasteiger partial charge in [-0.3, -0.25) is 9.36 Å². The van der Waals surface area contributed by atoms with Crippen LogP contribution in [0.5, 0.6) is 0 Å². The molecule has 1 aliphatic carbocycles. The first kappa shape index (κ1) is 18.0. The fourth-order valence-corrected chi connectivity index (χ4v) is 5.04. The molecule has 0 spiro atoms. The summed E-state index contributed by atoms with van der Waals surface area (Å²) in [6, 6.07) is 17.0. The van der Waals surface area contributed by atoms with Gasteiger partial charge in [0.05, 0.1) is 16.8 Å². The Morgan fingerprint density at radius 1 is 1.00 bits per heavy atom. The minimum atomic E-state index is 0.183. The van der Waals surface area contributed by atoms with Crippen molar-refractivity contribution in [3.8, 4) is 17.2 Å². The van der Waals surface area contributed by atoms with Gasteiger partial charge < -0.3 is 5.32 Å². The van der Waals surface area contributed by atoms with Crippen molar-refractivity contribution in [3.63, 3.8) is 0 Å². The summed E-state index contributed by atoms with van der Waals surface area (Å²) in [6.07, 6.45) is 8.53. The third-order valence-electron chi connectivity index (χ3n) is 6.42. The zero-order chi connectivity index (χ0) is 19.8. The molecule has 2 aliphatic rings. The Kier molecular flexibility index (Phi) is 4.60. The lowest BCUT2D eigenvalue weighted by Crippen LogP contribution is -2.22. The van der Waals surface area contributed by atoms with Crippen molar-refractivity contribution in [1.29, 1.82) is 5.26 Å². The van der Waals surface area contributed by atoms with Crippen LogP contribution in [0.2, 0.25) is 0 Å². The number of anilines is 1. The fraction of sp³-hybridized carbons (Fsp3) is 0.360. The van der Waals surface area contributed by atoms with E-state index < -0.39 is 0 Å². The summed E-state index contributed by atoms with van der Waals surface area (Å²) in [7, 11) is 0. The van der Waals surface area contributed by atoms with Gasteiger partial charge >= 0.3 is 0 Å². The smallest absolute Gasteiger partial charge is 0.231 e. The van der Waals surface area contributed by atoms with Gasteiger partial charge in [-0.05, 0) is 49.4 Å². The highest BCUT2D eigenvalue weighted by Crippen LogP contribution is 2.39. The predicted molar refractivity (Wildman–Crippen MR) is 116 cm³/mol. The van der Waals surface area contributed by atoms with E-state index in [4.69, 9.17) is 0 Å². The second-order valence-corrected chi connectivity index (χ2v) is 8.27. The Bertz CT molecular complexity index is 1130. The van der Waals surface area contributed by atoms with E-state index in [1.54, 1.807) is 0 Å². The van der Waals surface area contributed by atoms with Gasteiger partial charge in [-0.2, -0.15) is 5.26 Å². The number of nitrogens with zero attached hydrogens (tertiary/aromatic N) is 2. The minimum Gasteiger partial charge on any atom is -0.381 e. The van der Waals surface area contributed by atoms with Gasteiger partial charge in [0.25, 0.3) is 0 Å². The van der Waals surface area contributed by atoms with Crippen LogP contribution in [-0.4, -0.2) is 16.5 Å². The zero-order valence-corrected chi connectivity index (χ0v) is 16.6. The number of aromatic nitrogens is 1. The van der Waals surface area contributed by atoms with Crippen LogP contribution in [-0.2, 0) is 6.42 Å². The quantitative estimate of drug-likeness (QED) is 0.612. The van der Waals surface area contributed by atoms with E-state index in [-0.39, 0.29) is 5.91 Å². The third kappa shape index (κ3) is 3.11. The van der Waals surface area contributed by atoms with E-state index in [0.717, 1.165) is 59.1 Å². The summed E-state index contributed by atoms with van der Waals surface area (Å²) in [5, 5.41) is 14.4. The topological polar surface area (TPSA) is 57.8 Å². The first-order valence-electron chi connectivity index (χ1n) is 10.7. The molecule has 4 heteroatoms. The number of para-hydroxylation sites is 1. The van der Waals surface area contributed by atoms with Crippen molar-refractivity contribution in [1.82, 2.24) is 4.57 Å². The average molecular weight is 383 g/mol. The molecule has 2 heterocycles. The van der Waals surface area contributed by atoms with E-state index in [2.05, 4.69) is 23.5 Å². The van der Waals surface area contributed by atoms with Gasteiger partial charge in [0.2, 0.25) is 5.91 Å². The number of rotatable bonds is 3. The molecule has 1 aromatic heterocycles. The molecule has 146 valence electrons. The Morgan fingerprint density at radius 2 is 1.83 bits per heavy atom. The zero-order valence-electron chi connectivity index (χ0n) is 16.6. The minimum absolute atomic E-state index is 0.183. The van der Waals surface area contributed by atoms with Crippen molar-refractivity contribution in [2.45, 2.75) is 57.4 Å². The first-order valence-corrected chi connectivity index (χ1v) is 10.7. The molecule has 0 unspecified atom stereocenters. The molecule has 3 aromatic rings. The molecule has 0 bridgehead atoms. The predicted octanol–water partition coefficient (Wildman–Crippen LogP) is 5.90. The van der Waals surface area contributed by atoms with Gasteiger partial charge in [-0.25, -0.2) is 0 Å². The summed E-state index contributed by atoms with van der Waals surface area (Å²) < 4.78 is 1.92. The van der Waals surface area contributed by atoms with Crippen LogP contribution in [0.15, 0.2) is 42.5 Å². The van der Waals surface area contributed by atoms with E-state index in [1.165, 1.54) is 19.3 Å². The Hall–Kier alpha value is -3.06. The van der Waals surface area contributed by atoms with Gasteiger partial charge in [-0.1, -0.05) is 43.5 Å². The van der Waals surface area contributed by atoms with Crippen molar-refractivity contribution in [3.05, 3.63) is 53.7 Å². The van der Waals surface area contributed by atoms with Gasteiger partial charge in [-0.15, -0.1) is 0 Å². The van der Waals surface area contributed by atoms with E-state index in [9.17, 15) is 10.1 Å². The molecule has 4 nitrogen and oxygen atoms in total. The molecule has 1 saturated carbocycles. The molecule has 1 fully saturated rings. The Morgan fingerprint density at radius 3 is 2.66 bits per heavy atom. The lowest BCUT2D eigenvalue weighted by molar-refractivity contribution is 0.0890. The maximum Gasteiger partial charge on any atom is 0.231 e. The molecule has 2 aromatic carbocycles. The number of carbonyl (C=O) groups excluding carboxylic acids is 1. The largest absolute Gasteiger partial charge is 0.381 e. The molecular formula is C25H25N3O. The van der Waals surface area contributed by atoms with E-state index in [0.29, 0.717) is 18.0 Å². The van der Waals surface area contributed by atoms with Crippen LogP contribution in [0, 0.1) is 11.3 Å². The number of hydrogen-bond donors (Lipinski definition) is 1. The first-order chi connectivity index (χ1) is 14.3. The number of fused-ring (bicyclic) bond motifs is 3. The normalized spacial score (nSPS) is 17.1. The fourth-order valence-electron chi connectivity index (χ4n) is 5.04. The molecule has 0 amide bonds. The van der Waals surface area contributed by atoms with Crippen molar-refractivity contribution in [2.24, 2.45) is 0 Å². The lowest BCUT2D eigenvalue weighted by atomic mass is 9.94. The van der Waals surface area contributed by atoms with Crippen LogP contribution in [0.3, 0.4) is 0 Å². The molecule has 0 atom stereocenters. The molecule has 0 radical (unpaired) electrons. The van der Waals surface area contributed by atoms with Crippen molar-refractivity contribution in [2.75, 3.05) is 5.32 Å². The van der Waals surface area contributed by atoms with Crippen molar-refractivity contribution >= 4 is 22.5 Å². The highest BCUT2D eigenvalue weighted by Gasteiger charge is 2.25. The molecule has 1 aliphatic heterocycles. The number of nitriles is 1. The second kappa shape index (κ2) is 7.40. The van der Waals surface area contributed by atoms with E-state index >= 15 is 0 Å². The standard InChI is InChI=1S/C25H25N3O/c26-16-18-14-13-17(15-21(18)27-19-7-2-1-3-8-19)25-20-9-4-5-10-22(20)28-23(25)11-6-12-24(28)29/h4-5,9-10,13-15,19,27H,1-3,6-8,11-12H2. The summed E-state index contributed by atoms with van der Waals surface area (Å²) in [4.78, 5) is 12.7. The number of nitrogens with one attached hydrogen (secondary N) is 1. The number of benzene rings is 2. The third-order valence-corrected chi connectivity index (χ3v) is 6.42. The highest BCUT2D eigenvalue weighted by molar-refractivity contribution is 6.04. The van der Waals surface area contributed by atoms with E-state index in [1.807, 2.05) is 34.9 Å². The Labute approximate surface area is 171 Å². The molecular weight excluding hydrogens is 358 g/mol. The molecule has 5 rings (SSSR count). The maximum atomic E-state index is 12.7. The Balaban J connectivity index is 1.65. The summed E-state index contributed by atoms with van der Waals surface area (Å²) in [5.74, 6) is 0.183. The maximum absolute atomic E-state index is 12.7. The molecule has 1 N–H and O–H groups in total. The number of carbonyl (C=O) groups is 1. The van der Waals surface area contributed by atoms with Gasteiger partial charge in [0.1, 0.15) is 6.07 Å². The lowest BCUT2D eigenvalue weighted by Gasteiger charge is -2.24. The monoisotopic (exact) mass is 383 g/mol. The summed E-state index contributed by atoms with van der Waals surface area (Å²) in [5.41, 5.74) is 5.94. The van der Waals surface area contributed by atoms with Crippen LogP contribution in [0.1, 0.15) is 61.0 Å². The highest BCUT2D eigenvalue weighted by atomic mass is 16.2. The second-order valence-electron chi connectivity index (χ2n) is 8.27. The van der Waals surface area contributed by atoms with Crippen molar-refractivity contribution < 1.29 is 4.79 Å². The van der Waals surface area contributed by atoms with Crippen LogP contribution in [0.4, 0.5) is 5.69 Å². The average Bonchev–Trinajstić information content (AvgIpc) is 3.10. The van der Waals surface area contributed by atoms with Crippen LogP contribution < -0.4 is 5.32 Å². The summed E-state index contributed by atoms with van der Waals surface area (Å²) >= 11 is 0. The van der Waals surface area contributed by atoms with Crippen LogP contribution >= 0.6 is 0 Å². The van der Waals surface area contributed by atoms with Gasteiger partial charge in [0.15, 0.2) is 0 Å². The molecule has 0 saturated heterocycles. The van der Waals surface area contributed by atoms with Crippen LogP contribution in [0.25, 0.3) is 22.0 Å². The SMILES string of the molecule is N#Cc1ccc(-c2c3n(c4ccccc24)C(=O)CCC3)cc1NC1CCCCC1. The number of hydrogen-bond acceptors (Lipinski definition) is 3. The van der Waals surface area contributed by atoms with Gasteiger partial charge in [0, 0.05) is 29.1 Å². The summed E-state index contributed by atoms with van der Waals surface area (Å²) in [6.45, 7) is 0. The molecule has 29 heavy (non-hydrogen) atoms.